The van der Waals surface area contributed by atoms with E-state index in [4.69, 9.17) is 4.74 Å². The molecule has 1 N–H and O–H groups in total. The van der Waals surface area contributed by atoms with Gasteiger partial charge in [-0.2, -0.15) is 0 Å². The SMILES string of the molecule is CC(C)c1ccc(C(CNC(=O)c2ccccc2)N2CCOCC2)cc1. The summed E-state index contributed by atoms with van der Waals surface area (Å²) in [5.74, 6) is 0.492. The van der Waals surface area contributed by atoms with Crippen molar-refractivity contribution in [1.82, 2.24) is 10.2 Å². The van der Waals surface area contributed by atoms with Crippen molar-refractivity contribution in [2.24, 2.45) is 0 Å². The van der Waals surface area contributed by atoms with E-state index in [1.165, 1.54) is 11.1 Å². The molecule has 2 aromatic rings. The zero-order valence-electron chi connectivity index (χ0n) is 15.7. The van der Waals surface area contributed by atoms with E-state index in [1.54, 1.807) is 0 Å². The van der Waals surface area contributed by atoms with E-state index in [1.807, 2.05) is 30.3 Å². The van der Waals surface area contributed by atoms with Crippen LogP contribution in [0.2, 0.25) is 0 Å². The van der Waals surface area contributed by atoms with Crippen molar-refractivity contribution in [3.05, 3.63) is 71.3 Å². The molecule has 1 aliphatic heterocycles. The van der Waals surface area contributed by atoms with Gasteiger partial charge in [-0.25, -0.2) is 0 Å². The number of benzene rings is 2. The number of hydrogen-bond acceptors (Lipinski definition) is 3. The van der Waals surface area contributed by atoms with Crippen LogP contribution in [0.1, 0.15) is 47.3 Å². The van der Waals surface area contributed by atoms with E-state index < -0.39 is 0 Å². The quantitative estimate of drug-likeness (QED) is 0.863. The number of amides is 1. The minimum absolute atomic E-state index is 0.0253. The van der Waals surface area contributed by atoms with Crippen molar-refractivity contribution in [3.8, 4) is 0 Å². The maximum absolute atomic E-state index is 12.5. The average molecular weight is 352 g/mol. The van der Waals surface area contributed by atoms with Crippen LogP contribution in [0.4, 0.5) is 0 Å². The fourth-order valence-corrected chi connectivity index (χ4v) is 3.33. The number of rotatable bonds is 6. The molecule has 1 heterocycles. The first kappa shape index (κ1) is 18.6. The highest BCUT2D eigenvalue weighted by molar-refractivity contribution is 5.94. The van der Waals surface area contributed by atoms with Crippen LogP contribution in [0.15, 0.2) is 54.6 Å². The number of nitrogens with one attached hydrogen (secondary N) is 1. The maximum atomic E-state index is 12.5. The van der Waals surface area contributed by atoms with Crippen LogP contribution in [0.3, 0.4) is 0 Å². The van der Waals surface area contributed by atoms with Gasteiger partial charge in [-0.1, -0.05) is 56.3 Å². The molecule has 138 valence electrons. The Labute approximate surface area is 156 Å². The summed E-state index contributed by atoms with van der Waals surface area (Å²) in [6.07, 6.45) is 0. The molecule has 0 aliphatic carbocycles. The molecule has 1 fully saturated rings. The zero-order chi connectivity index (χ0) is 18.4. The third kappa shape index (κ3) is 4.71. The summed E-state index contributed by atoms with van der Waals surface area (Å²) in [5.41, 5.74) is 3.27. The zero-order valence-corrected chi connectivity index (χ0v) is 15.7. The first-order valence-corrected chi connectivity index (χ1v) is 9.40. The Hall–Kier alpha value is -2.17. The molecule has 0 saturated carbocycles. The van der Waals surface area contributed by atoms with E-state index in [0.717, 1.165) is 26.3 Å². The largest absolute Gasteiger partial charge is 0.379 e. The summed E-state index contributed by atoms with van der Waals surface area (Å²) in [6.45, 7) is 8.26. The Morgan fingerprint density at radius 1 is 1.00 bits per heavy atom. The van der Waals surface area contributed by atoms with E-state index in [9.17, 15) is 4.79 Å². The standard InChI is InChI=1S/C22H28N2O2/c1-17(2)18-8-10-19(11-9-18)21(24-12-14-26-15-13-24)16-23-22(25)20-6-4-3-5-7-20/h3-11,17,21H,12-16H2,1-2H3,(H,23,25). The first-order chi connectivity index (χ1) is 12.6. The van der Waals surface area contributed by atoms with Gasteiger partial charge in [0.25, 0.3) is 5.91 Å². The summed E-state index contributed by atoms with van der Waals surface area (Å²) in [7, 11) is 0. The Kier molecular flexibility index (Phi) is 6.42. The minimum Gasteiger partial charge on any atom is -0.379 e. The van der Waals surface area contributed by atoms with Crippen LogP contribution in [0.5, 0.6) is 0 Å². The fourth-order valence-electron chi connectivity index (χ4n) is 3.33. The highest BCUT2D eigenvalue weighted by Gasteiger charge is 2.23. The number of morpholine rings is 1. The van der Waals surface area contributed by atoms with Crippen LogP contribution in [0, 0.1) is 0 Å². The van der Waals surface area contributed by atoms with Gasteiger partial charge in [0.2, 0.25) is 0 Å². The second-order valence-corrected chi connectivity index (χ2v) is 7.06. The summed E-state index contributed by atoms with van der Waals surface area (Å²) in [4.78, 5) is 14.9. The lowest BCUT2D eigenvalue weighted by molar-refractivity contribution is 0.0162. The van der Waals surface area contributed by atoms with Crippen LogP contribution in [-0.4, -0.2) is 43.7 Å². The van der Waals surface area contributed by atoms with Gasteiger partial charge < -0.3 is 10.1 Å². The predicted octanol–water partition coefficient (Wildman–Crippen LogP) is 3.61. The van der Waals surface area contributed by atoms with Crippen molar-refractivity contribution in [3.63, 3.8) is 0 Å². The monoisotopic (exact) mass is 352 g/mol. The lowest BCUT2D eigenvalue weighted by atomic mass is 9.98. The van der Waals surface area contributed by atoms with E-state index in [0.29, 0.717) is 18.0 Å². The van der Waals surface area contributed by atoms with Gasteiger partial charge in [0.15, 0.2) is 0 Å². The topological polar surface area (TPSA) is 41.6 Å². The number of carbonyl (C=O) groups is 1. The highest BCUT2D eigenvalue weighted by Crippen LogP contribution is 2.24. The number of nitrogens with zero attached hydrogens (tertiary/aromatic N) is 1. The molecular formula is C22H28N2O2. The maximum Gasteiger partial charge on any atom is 0.251 e. The van der Waals surface area contributed by atoms with Crippen molar-refractivity contribution >= 4 is 5.91 Å². The molecule has 0 aromatic heterocycles. The first-order valence-electron chi connectivity index (χ1n) is 9.40. The number of ether oxygens (including phenoxy) is 1. The molecule has 0 bridgehead atoms. The lowest BCUT2D eigenvalue weighted by Gasteiger charge is -2.35. The van der Waals surface area contributed by atoms with Crippen molar-refractivity contribution in [2.45, 2.75) is 25.8 Å². The summed E-state index contributed by atoms with van der Waals surface area (Å²) < 4.78 is 5.50. The summed E-state index contributed by atoms with van der Waals surface area (Å²) in [6, 6.07) is 18.3. The van der Waals surface area contributed by atoms with Crippen molar-refractivity contribution < 1.29 is 9.53 Å². The molecule has 1 atom stereocenters. The molecule has 1 saturated heterocycles. The van der Waals surface area contributed by atoms with E-state index in [2.05, 4.69) is 48.3 Å². The molecule has 4 nitrogen and oxygen atoms in total. The van der Waals surface area contributed by atoms with Gasteiger partial charge in [0.1, 0.15) is 0 Å². The van der Waals surface area contributed by atoms with Gasteiger partial charge >= 0.3 is 0 Å². The summed E-state index contributed by atoms with van der Waals surface area (Å²) >= 11 is 0. The third-order valence-corrected chi connectivity index (χ3v) is 4.97. The third-order valence-electron chi connectivity index (χ3n) is 4.97. The molecule has 4 heteroatoms. The molecule has 1 unspecified atom stereocenters. The Bertz CT molecular complexity index is 692. The van der Waals surface area contributed by atoms with E-state index >= 15 is 0 Å². The van der Waals surface area contributed by atoms with Crippen LogP contribution in [-0.2, 0) is 4.74 Å². The Balaban J connectivity index is 1.73. The van der Waals surface area contributed by atoms with Crippen LogP contribution in [0.25, 0.3) is 0 Å². The molecule has 1 amide bonds. The molecule has 0 spiro atoms. The predicted molar refractivity (Wildman–Crippen MR) is 104 cm³/mol. The van der Waals surface area contributed by atoms with Gasteiger partial charge in [-0.05, 0) is 29.2 Å². The van der Waals surface area contributed by atoms with Crippen LogP contribution >= 0.6 is 0 Å². The van der Waals surface area contributed by atoms with Gasteiger partial charge in [-0.3, -0.25) is 9.69 Å². The Morgan fingerprint density at radius 3 is 2.23 bits per heavy atom. The van der Waals surface area contributed by atoms with E-state index in [-0.39, 0.29) is 11.9 Å². The highest BCUT2D eigenvalue weighted by atomic mass is 16.5. The minimum atomic E-state index is -0.0253. The average Bonchev–Trinajstić information content (AvgIpc) is 2.70. The van der Waals surface area contributed by atoms with Crippen molar-refractivity contribution in [2.75, 3.05) is 32.8 Å². The number of carbonyl (C=O) groups excluding carboxylic acids is 1. The number of hydrogen-bond donors (Lipinski definition) is 1. The molecule has 1 aliphatic rings. The second kappa shape index (κ2) is 8.97. The molecular weight excluding hydrogens is 324 g/mol. The van der Waals surface area contributed by atoms with Crippen LogP contribution < -0.4 is 5.32 Å². The lowest BCUT2D eigenvalue weighted by Crippen LogP contribution is -2.43. The second-order valence-electron chi connectivity index (χ2n) is 7.06. The molecule has 3 rings (SSSR count). The van der Waals surface area contributed by atoms with Gasteiger partial charge in [0, 0.05) is 25.2 Å². The van der Waals surface area contributed by atoms with Gasteiger partial charge in [-0.15, -0.1) is 0 Å². The molecule has 0 radical (unpaired) electrons. The smallest absolute Gasteiger partial charge is 0.251 e. The summed E-state index contributed by atoms with van der Waals surface area (Å²) in [5, 5.41) is 3.11. The molecule has 26 heavy (non-hydrogen) atoms. The molecule has 2 aromatic carbocycles. The Morgan fingerprint density at radius 2 is 1.62 bits per heavy atom. The fraction of sp³-hybridized carbons (Fsp3) is 0.409. The normalized spacial score (nSPS) is 16.4. The van der Waals surface area contributed by atoms with Gasteiger partial charge in [0.05, 0.1) is 19.3 Å². The van der Waals surface area contributed by atoms with Crippen molar-refractivity contribution in [1.29, 1.82) is 0 Å².